The molecule has 3 rings (SSSR count). The van der Waals surface area contributed by atoms with Crippen LogP contribution in [0.4, 0.5) is 22.0 Å². The van der Waals surface area contributed by atoms with Crippen molar-refractivity contribution >= 4 is 17.1 Å². The molecule has 0 heterocycles. The SMILES string of the molecule is O=Cc1ccc2c(C(F)F)c(O[C@H]3CC[C@@H](C(F)(F)F)CC3)ccc2c1. The molecule has 1 aliphatic carbocycles. The van der Waals surface area contributed by atoms with Crippen LogP contribution in [0.1, 0.15) is 48.0 Å². The molecule has 0 bridgehead atoms. The van der Waals surface area contributed by atoms with Crippen molar-refractivity contribution in [2.75, 3.05) is 0 Å². The van der Waals surface area contributed by atoms with Gasteiger partial charge < -0.3 is 4.74 Å². The lowest BCUT2D eigenvalue weighted by atomic mass is 9.87. The highest BCUT2D eigenvalue weighted by molar-refractivity contribution is 5.92. The van der Waals surface area contributed by atoms with Crippen molar-refractivity contribution in [1.82, 2.24) is 0 Å². The zero-order valence-corrected chi connectivity index (χ0v) is 13.7. The van der Waals surface area contributed by atoms with Crippen LogP contribution in [-0.2, 0) is 0 Å². The number of rotatable bonds is 4. The van der Waals surface area contributed by atoms with E-state index in [-0.39, 0.29) is 42.4 Å². The van der Waals surface area contributed by atoms with Crippen LogP contribution in [0.2, 0.25) is 0 Å². The summed E-state index contributed by atoms with van der Waals surface area (Å²) >= 11 is 0. The molecule has 1 saturated carbocycles. The molecule has 0 aliphatic heterocycles. The van der Waals surface area contributed by atoms with E-state index in [2.05, 4.69) is 0 Å². The van der Waals surface area contributed by atoms with Gasteiger partial charge in [0.2, 0.25) is 0 Å². The van der Waals surface area contributed by atoms with Crippen LogP contribution in [0.3, 0.4) is 0 Å². The molecule has 1 aliphatic rings. The van der Waals surface area contributed by atoms with Gasteiger partial charge in [-0.15, -0.1) is 0 Å². The molecule has 0 spiro atoms. The van der Waals surface area contributed by atoms with Crippen LogP contribution in [-0.4, -0.2) is 18.6 Å². The maximum Gasteiger partial charge on any atom is 0.391 e. The Balaban J connectivity index is 1.84. The highest BCUT2D eigenvalue weighted by Gasteiger charge is 2.41. The fourth-order valence-electron chi connectivity index (χ4n) is 3.44. The zero-order valence-electron chi connectivity index (χ0n) is 13.7. The van der Waals surface area contributed by atoms with Gasteiger partial charge in [0.15, 0.2) is 0 Å². The van der Waals surface area contributed by atoms with Crippen molar-refractivity contribution in [2.45, 2.75) is 44.4 Å². The third-order valence-electron chi connectivity index (χ3n) is 4.83. The van der Waals surface area contributed by atoms with Crippen LogP contribution in [0.25, 0.3) is 10.8 Å². The number of fused-ring (bicyclic) bond motifs is 1. The van der Waals surface area contributed by atoms with Crippen LogP contribution < -0.4 is 4.74 Å². The Kier molecular flexibility index (Phi) is 5.16. The first-order chi connectivity index (χ1) is 12.3. The Hall–Kier alpha value is -2.18. The molecule has 2 aromatic rings. The number of halogens is 5. The normalized spacial score (nSPS) is 21.2. The molecule has 26 heavy (non-hydrogen) atoms. The topological polar surface area (TPSA) is 26.3 Å². The summed E-state index contributed by atoms with van der Waals surface area (Å²) in [6, 6.07) is 7.36. The summed E-state index contributed by atoms with van der Waals surface area (Å²) in [5, 5.41) is 0.755. The third-order valence-corrected chi connectivity index (χ3v) is 4.83. The summed E-state index contributed by atoms with van der Waals surface area (Å²) < 4.78 is 71.1. The summed E-state index contributed by atoms with van der Waals surface area (Å²) in [5.41, 5.74) is 0.0785. The Morgan fingerprint density at radius 1 is 1.04 bits per heavy atom. The highest BCUT2D eigenvalue weighted by atomic mass is 19.4. The van der Waals surface area contributed by atoms with Gasteiger partial charge in [0.05, 0.1) is 17.6 Å². The molecule has 0 aromatic heterocycles. The average molecular weight is 372 g/mol. The van der Waals surface area contributed by atoms with Gasteiger partial charge in [-0.3, -0.25) is 4.79 Å². The van der Waals surface area contributed by atoms with Gasteiger partial charge in [-0.25, -0.2) is 8.78 Å². The minimum atomic E-state index is -4.22. The summed E-state index contributed by atoms with van der Waals surface area (Å²) in [7, 11) is 0. The van der Waals surface area contributed by atoms with Crippen molar-refractivity contribution in [1.29, 1.82) is 0 Å². The van der Waals surface area contributed by atoms with Gasteiger partial charge in [0.25, 0.3) is 6.43 Å². The van der Waals surface area contributed by atoms with E-state index < -0.39 is 24.6 Å². The van der Waals surface area contributed by atoms with E-state index in [1.54, 1.807) is 6.07 Å². The first-order valence-electron chi connectivity index (χ1n) is 8.33. The molecule has 0 N–H and O–H groups in total. The van der Waals surface area contributed by atoms with E-state index in [4.69, 9.17) is 4.74 Å². The van der Waals surface area contributed by atoms with Gasteiger partial charge in [-0.2, -0.15) is 13.2 Å². The van der Waals surface area contributed by atoms with E-state index in [0.29, 0.717) is 17.2 Å². The minimum absolute atomic E-state index is 0.0122. The summed E-state index contributed by atoms with van der Waals surface area (Å²) in [4.78, 5) is 10.8. The van der Waals surface area contributed by atoms with Gasteiger partial charge in [0, 0.05) is 5.56 Å². The first-order valence-corrected chi connectivity index (χ1v) is 8.33. The lowest BCUT2D eigenvalue weighted by molar-refractivity contribution is -0.185. The third kappa shape index (κ3) is 3.81. The maximum atomic E-state index is 13.6. The number of benzene rings is 2. The highest BCUT2D eigenvalue weighted by Crippen LogP contribution is 2.41. The van der Waals surface area contributed by atoms with Crippen LogP contribution in [0, 0.1) is 5.92 Å². The standard InChI is InChI=1S/C19H17F5O2/c20-18(21)17-15-7-1-11(10-25)9-12(15)2-8-16(17)26-14-5-3-13(4-6-14)19(22,23)24/h1-2,7-10,13-14,18H,3-6H2/t13-,14+. The smallest absolute Gasteiger partial charge is 0.391 e. The Morgan fingerprint density at radius 2 is 1.73 bits per heavy atom. The van der Waals surface area contributed by atoms with E-state index >= 15 is 0 Å². The quantitative estimate of drug-likeness (QED) is 0.480. The number of aldehydes is 1. The van der Waals surface area contributed by atoms with Crippen molar-refractivity contribution in [3.63, 3.8) is 0 Å². The molecular weight excluding hydrogens is 355 g/mol. The molecule has 2 nitrogen and oxygen atoms in total. The summed E-state index contributed by atoms with van der Waals surface area (Å²) in [6.45, 7) is 0. The molecule has 0 atom stereocenters. The number of carbonyl (C=O) groups is 1. The van der Waals surface area contributed by atoms with E-state index in [1.165, 1.54) is 24.3 Å². The molecule has 0 radical (unpaired) electrons. The Morgan fingerprint density at radius 3 is 2.31 bits per heavy atom. The molecule has 7 heteroatoms. The zero-order chi connectivity index (χ0) is 18.9. The fraction of sp³-hybridized carbons (Fsp3) is 0.421. The van der Waals surface area contributed by atoms with Crippen LogP contribution in [0.15, 0.2) is 30.3 Å². The predicted molar refractivity (Wildman–Crippen MR) is 86.7 cm³/mol. The second kappa shape index (κ2) is 7.21. The van der Waals surface area contributed by atoms with Crippen molar-refractivity contribution in [3.05, 3.63) is 41.5 Å². The molecule has 140 valence electrons. The minimum Gasteiger partial charge on any atom is -0.490 e. The van der Waals surface area contributed by atoms with Gasteiger partial charge >= 0.3 is 6.18 Å². The van der Waals surface area contributed by atoms with E-state index in [0.717, 1.165) is 0 Å². The van der Waals surface area contributed by atoms with E-state index in [9.17, 15) is 26.7 Å². The fourth-order valence-corrected chi connectivity index (χ4v) is 3.44. The second-order valence-corrected chi connectivity index (χ2v) is 6.51. The molecule has 0 saturated heterocycles. The summed E-state index contributed by atoms with van der Waals surface area (Å²) in [5.74, 6) is -1.36. The van der Waals surface area contributed by atoms with Crippen molar-refractivity contribution in [3.8, 4) is 5.75 Å². The lowest BCUT2D eigenvalue weighted by Gasteiger charge is -2.30. The summed E-state index contributed by atoms with van der Waals surface area (Å²) in [6.07, 6.45) is -6.68. The van der Waals surface area contributed by atoms with Crippen molar-refractivity contribution in [2.24, 2.45) is 5.92 Å². The molecule has 0 amide bonds. The second-order valence-electron chi connectivity index (χ2n) is 6.51. The maximum absolute atomic E-state index is 13.6. The molecule has 2 aromatic carbocycles. The number of hydrogen-bond donors (Lipinski definition) is 0. The lowest BCUT2D eigenvalue weighted by Crippen LogP contribution is -2.32. The first kappa shape index (κ1) is 18.6. The number of carbonyl (C=O) groups excluding carboxylic acids is 1. The van der Waals surface area contributed by atoms with Gasteiger partial charge in [0.1, 0.15) is 12.0 Å². The molecule has 0 unspecified atom stereocenters. The Labute approximate surface area is 146 Å². The molecule has 1 fully saturated rings. The monoisotopic (exact) mass is 372 g/mol. The number of hydrogen-bond acceptors (Lipinski definition) is 2. The number of alkyl halides is 5. The van der Waals surface area contributed by atoms with Crippen LogP contribution >= 0.6 is 0 Å². The van der Waals surface area contributed by atoms with Gasteiger partial charge in [-0.1, -0.05) is 18.2 Å². The molecular formula is C19H17F5O2. The largest absolute Gasteiger partial charge is 0.490 e. The number of ether oxygens (including phenoxy) is 1. The van der Waals surface area contributed by atoms with Crippen LogP contribution in [0.5, 0.6) is 5.75 Å². The van der Waals surface area contributed by atoms with E-state index in [1.807, 2.05) is 0 Å². The predicted octanol–water partition coefficient (Wildman–Crippen LogP) is 6.09. The van der Waals surface area contributed by atoms with Gasteiger partial charge in [-0.05, 0) is 48.6 Å². The van der Waals surface area contributed by atoms with Crippen molar-refractivity contribution < 1.29 is 31.5 Å². The average Bonchev–Trinajstić information content (AvgIpc) is 2.60. The Bertz CT molecular complexity index is 792.